The third-order valence-corrected chi connectivity index (χ3v) is 3.40. The van der Waals surface area contributed by atoms with Crippen LogP contribution in [0.4, 0.5) is 0 Å². The number of aliphatic hydroxyl groups excluding tert-OH is 1. The summed E-state index contributed by atoms with van der Waals surface area (Å²) in [4.78, 5) is 11.0. The minimum Gasteiger partial charge on any atom is -0.466 e. The molecule has 0 aromatic carbocycles. The van der Waals surface area contributed by atoms with Gasteiger partial charge in [0, 0.05) is 18.6 Å². The van der Waals surface area contributed by atoms with Crippen LogP contribution in [0.1, 0.15) is 27.2 Å². The van der Waals surface area contributed by atoms with Crippen molar-refractivity contribution >= 4 is 16.0 Å². The van der Waals surface area contributed by atoms with Crippen molar-refractivity contribution < 1.29 is 23.1 Å². The van der Waals surface area contributed by atoms with Crippen molar-refractivity contribution in [3.05, 3.63) is 0 Å². The number of sulfonamides is 1. The Bertz CT molecular complexity index is 337. The molecule has 0 aliphatic carbocycles. The highest BCUT2D eigenvalue weighted by Gasteiger charge is 2.21. The summed E-state index contributed by atoms with van der Waals surface area (Å²) in [6, 6.07) is 0. The van der Waals surface area contributed by atoms with E-state index in [-0.39, 0.29) is 31.9 Å². The third kappa shape index (κ3) is 8.12. The smallest absolute Gasteiger partial charge is 0.306 e. The van der Waals surface area contributed by atoms with Gasteiger partial charge in [-0.25, -0.2) is 13.1 Å². The predicted molar refractivity (Wildman–Crippen MR) is 63.9 cm³/mol. The monoisotopic (exact) mass is 267 g/mol. The van der Waals surface area contributed by atoms with Crippen molar-refractivity contribution in [1.29, 1.82) is 0 Å². The first-order chi connectivity index (χ1) is 7.72. The van der Waals surface area contributed by atoms with E-state index in [4.69, 9.17) is 5.11 Å². The van der Waals surface area contributed by atoms with E-state index in [0.717, 1.165) is 0 Å². The summed E-state index contributed by atoms with van der Waals surface area (Å²) >= 11 is 0. The highest BCUT2D eigenvalue weighted by atomic mass is 32.2. The SMILES string of the molecule is CCOC(=O)CCS(=O)(=O)NCC(C)(C)CO. The minimum absolute atomic E-state index is 0.118. The van der Waals surface area contributed by atoms with Gasteiger partial charge in [0.15, 0.2) is 0 Å². The maximum atomic E-state index is 11.5. The molecule has 102 valence electrons. The van der Waals surface area contributed by atoms with Crippen LogP contribution >= 0.6 is 0 Å². The van der Waals surface area contributed by atoms with Gasteiger partial charge in [0.25, 0.3) is 0 Å². The molecule has 0 bridgehead atoms. The molecule has 2 N–H and O–H groups in total. The summed E-state index contributed by atoms with van der Waals surface area (Å²) in [5, 5.41) is 8.97. The van der Waals surface area contributed by atoms with Crippen molar-refractivity contribution in [3.63, 3.8) is 0 Å². The minimum atomic E-state index is -3.50. The Labute approximate surface area is 102 Å². The molecule has 0 saturated carbocycles. The molecule has 0 amide bonds. The van der Waals surface area contributed by atoms with Gasteiger partial charge in [-0.3, -0.25) is 4.79 Å². The molecule has 0 aromatic rings. The van der Waals surface area contributed by atoms with Gasteiger partial charge >= 0.3 is 5.97 Å². The molecule has 0 radical (unpaired) electrons. The molecule has 0 saturated heterocycles. The number of ether oxygens (including phenoxy) is 1. The second-order valence-electron chi connectivity index (χ2n) is 4.52. The van der Waals surface area contributed by atoms with Gasteiger partial charge in [0.1, 0.15) is 0 Å². The first-order valence-electron chi connectivity index (χ1n) is 5.46. The van der Waals surface area contributed by atoms with E-state index >= 15 is 0 Å². The van der Waals surface area contributed by atoms with Crippen molar-refractivity contribution in [2.75, 3.05) is 25.5 Å². The number of esters is 1. The third-order valence-electron chi connectivity index (χ3n) is 2.08. The Hall–Kier alpha value is -0.660. The molecular formula is C10H21NO5S. The molecule has 0 heterocycles. The fraction of sp³-hybridized carbons (Fsp3) is 0.900. The van der Waals surface area contributed by atoms with E-state index in [2.05, 4.69) is 9.46 Å². The Morgan fingerprint density at radius 2 is 2.00 bits per heavy atom. The normalized spacial score (nSPS) is 12.5. The fourth-order valence-corrected chi connectivity index (χ4v) is 2.07. The predicted octanol–water partition coefficient (Wildman–Crippen LogP) is -0.122. The Balaban J connectivity index is 4.09. The molecule has 7 heteroatoms. The second kappa shape index (κ2) is 6.93. The van der Waals surface area contributed by atoms with Gasteiger partial charge in [-0.2, -0.15) is 0 Å². The Kier molecular flexibility index (Phi) is 6.66. The number of nitrogens with one attached hydrogen (secondary N) is 1. The van der Waals surface area contributed by atoms with Crippen LogP contribution in [0.2, 0.25) is 0 Å². The zero-order chi connectivity index (χ0) is 13.5. The lowest BCUT2D eigenvalue weighted by atomic mass is 9.96. The van der Waals surface area contributed by atoms with Gasteiger partial charge in [-0.05, 0) is 6.92 Å². The molecule has 0 unspecified atom stereocenters. The van der Waals surface area contributed by atoms with Crippen molar-refractivity contribution in [1.82, 2.24) is 4.72 Å². The fourth-order valence-electron chi connectivity index (χ4n) is 0.884. The Morgan fingerprint density at radius 1 is 1.41 bits per heavy atom. The van der Waals surface area contributed by atoms with Crippen LogP contribution in [-0.2, 0) is 19.6 Å². The largest absolute Gasteiger partial charge is 0.466 e. The van der Waals surface area contributed by atoms with Crippen LogP contribution in [0.25, 0.3) is 0 Å². The van der Waals surface area contributed by atoms with Crippen LogP contribution in [-0.4, -0.2) is 45.0 Å². The first-order valence-corrected chi connectivity index (χ1v) is 7.11. The summed E-state index contributed by atoms with van der Waals surface area (Å²) in [5.74, 6) is -0.827. The van der Waals surface area contributed by atoms with Gasteiger partial charge in [-0.1, -0.05) is 13.8 Å². The number of carbonyl (C=O) groups is 1. The zero-order valence-corrected chi connectivity index (χ0v) is 11.3. The number of aliphatic hydroxyl groups is 1. The van der Waals surface area contributed by atoms with Gasteiger partial charge in [0.05, 0.1) is 18.8 Å². The van der Waals surface area contributed by atoms with E-state index in [1.807, 2.05) is 0 Å². The first kappa shape index (κ1) is 16.3. The number of rotatable bonds is 8. The van der Waals surface area contributed by atoms with E-state index in [9.17, 15) is 13.2 Å². The summed E-state index contributed by atoms with van der Waals surface area (Å²) in [5.41, 5.74) is -0.517. The molecule has 0 aromatic heterocycles. The lowest BCUT2D eigenvalue weighted by Gasteiger charge is -2.21. The summed E-state index contributed by atoms with van der Waals surface area (Å²) in [7, 11) is -3.50. The van der Waals surface area contributed by atoms with Gasteiger partial charge < -0.3 is 9.84 Å². The van der Waals surface area contributed by atoms with Crippen LogP contribution in [0.15, 0.2) is 0 Å². The number of hydrogen-bond acceptors (Lipinski definition) is 5. The highest BCUT2D eigenvalue weighted by molar-refractivity contribution is 7.89. The summed E-state index contributed by atoms with van der Waals surface area (Å²) in [6.45, 7) is 5.39. The lowest BCUT2D eigenvalue weighted by molar-refractivity contribution is -0.142. The zero-order valence-electron chi connectivity index (χ0n) is 10.5. The van der Waals surface area contributed by atoms with Crippen molar-refractivity contribution in [2.24, 2.45) is 5.41 Å². The van der Waals surface area contributed by atoms with Crippen molar-refractivity contribution in [2.45, 2.75) is 27.2 Å². The Morgan fingerprint density at radius 3 is 2.47 bits per heavy atom. The number of carbonyl (C=O) groups excluding carboxylic acids is 1. The average Bonchev–Trinajstić information content (AvgIpc) is 2.25. The van der Waals surface area contributed by atoms with E-state index in [1.165, 1.54) is 0 Å². The average molecular weight is 267 g/mol. The summed E-state index contributed by atoms with van der Waals surface area (Å²) in [6.07, 6.45) is -0.164. The lowest BCUT2D eigenvalue weighted by Crippen LogP contribution is -2.37. The van der Waals surface area contributed by atoms with Crippen LogP contribution < -0.4 is 4.72 Å². The molecule has 0 aliphatic heterocycles. The van der Waals surface area contributed by atoms with E-state index in [1.54, 1.807) is 20.8 Å². The standard InChI is InChI=1S/C10H21NO5S/c1-4-16-9(13)5-6-17(14,15)11-7-10(2,3)8-12/h11-12H,4-8H2,1-3H3. The number of hydrogen-bond donors (Lipinski definition) is 2. The van der Waals surface area contributed by atoms with Gasteiger partial charge in [0.2, 0.25) is 10.0 Å². The van der Waals surface area contributed by atoms with Crippen LogP contribution in [0.5, 0.6) is 0 Å². The summed E-state index contributed by atoms with van der Waals surface area (Å²) < 4.78 is 30.0. The second-order valence-corrected chi connectivity index (χ2v) is 6.44. The maximum absolute atomic E-state index is 11.5. The molecule has 6 nitrogen and oxygen atoms in total. The topological polar surface area (TPSA) is 92.7 Å². The molecule has 0 fully saturated rings. The van der Waals surface area contributed by atoms with Crippen molar-refractivity contribution in [3.8, 4) is 0 Å². The molecular weight excluding hydrogens is 246 g/mol. The van der Waals surface area contributed by atoms with E-state index < -0.39 is 21.4 Å². The molecule has 0 rings (SSSR count). The highest BCUT2D eigenvalue weighted by Crippen LogP contribution is 2.11. The van der Waals surface area contributed by atoms with Crippen LogP contribution in [0, 0.1) is 5.41 Å². The molecule has 0 atom stereocenters. The molecule has 0 aliphatic rings. The van der Waals surface area contributed by atoms with Crippen LogP contribution in [0.3, 0.4) is 0 Å². The molecule has 17 heavy (non-hydrogen) atoms. The maximum Gasteiger partial charge on any atom is 0.306 e. The quantitative estimate of drug-likeness (QED) is 0.598. The molecule has 0 spiro atoms. The van der Waals surface area contributed by atoms with E-state index in [0.29, 0.717) is 0 Å². The van der Waals surface area contributed by atoms with Gasteiger partial charge in [-0.15, -0.1) is 0 Å².